The molecule has 2 fully saturated rings. The van der Waals surface area contributed by atoms with Crippen molar-refractivity contribution >= 4 is 27.9 Å². The molecule has 1 spiro atoms. The molecule has 2 heterocycles. The minimum Gasteiger partial charge on any atom is -0.419 e. The van der Waals surface area contributed by atoms with Crippen LogP contribution in [0.1, 0.15) is 38.0 Å². The van der Waals surface area contributed by atoms with Crippen LogP contribution in [0.4, 0.5) is 4.79 Å². The summed E-state index contributed by atoms with van der Waals surface area (Å²) in [5.41, 5.74) is 0.0305. The third-order valence-corrected chi connectivity index (χ3v) is 5.51. The van der Waals surface area contributed by atoms with Crippen LogP contribution < -0.4 is 5.32 Å². The van der Waals surface area contributed by atoms with E-state index < -0.39 is 5.54 Å². The zero-order valence-corrected chi connectivity index (χ0v) is 15.1. The van der Waals surface area contributed by atoms with Gasteiger partial charge in [0.2, 0.25) is 11.8 Å². The first-order valence-corrected chi connectivity index (χ1v) is 9.10. The molecule has 1 N–H and O–H groups in total. The average molecular weight is 405 g/mol. The fourth-order valence-corrected chi connectivity index (χ4v) is 3.96. The maximum Gasteiger partial charge on any atom is 0.325 e. The van der Waals surface area contributed by atoms with Crippen molar-refractivity contribution < 1.29 is 14.0 Å². The number of hydrogen-bond donors (Lipinski definition) is 1. The third-order valence-electron chi connectivity index (χ3n) is 4.82. The molecule has 2 aliphatic rings. The molecule has 25 heavy (non-hydrogen) atoms. The molecule has 2 aromatic rings. The summed E-state index contributed by atoms with van der Waals surface area (Å²) in [6.45, 7) is -0.0101. The molecule has 0 radical (unpaired) electrons. The molecule has 1 saturated carbocycles. The first kappa shape index (κ1) is 16.3. The molecular formula is C17H17BrN4O3. The minimum absolute atomic E-state index is 0.0101. The molecule has 7 nitrogen and oxygen atoms in total. The highest BCUT2D eigenvalue weighted by molar-refractivity contribution is 9.10. The molecule has 0 bridgehead atoms. The lowest BCUT2D eigenvalue weighted by molar-refractivity contribution is -0.133. The van der Waals surface area contributed by atoms with Gasteiger partial charge in [-0.1, -0.05) is 31.4 Å². The lowest BCUT2D eigenvalue weighted by atomic mass is 9.82. The number of carbonyl (C=O) groups is 2. The lowest BCUT2D eigenvalue weighted by Crippen LogP contribution is -2.48. The van der Waals surface area contributed by atoms with Crippen molar-refractivity contribution in [3.05, 3.63) is 34.6 Å². The van der Waals surface area contributed by atoms with E-state index in [-0.39, 0.29) is 24.4 Å². The molecule has 0 atom stereocenters. The molecule has 3 amide bonds. The number of carbonyl (C=O) groups excluding carboxylic acids is 2. The smallest absolute Gasteiger partial charge is 0.325 e. The van der Waals surface area contributed by atoms with E-state index in [4.69, 9.17) is 4.42 Å². The summed E-state index contributed by atoms with van der Waals surface area (Å²) in [6, 6.07) is 7.11. The molecule has 1 aliphatic carbocycles. The Labute approximate surface area is 152 Å². The van der Waals surface area contributed by atoms with Gasteiger partial charge in [0, 0.05) is 4.47 Å². The number of urea groups is 1. The number of aromatic nitrogens is 2. The van der Waals surface area contributed by atoms with Crippen LogP contribution >= 0.6 is 15.9 Å². The Morgan fingerprint density at radius 3 is 2.68 bits per heavy atom. The Morgan fingerprint density at radius 1 is 1.16 bits per heavy atom. The lowest BCUT2D eigenvalue weighted by Gasteiger charge is -2.30. The first-order valence-electron chi connectivity index (χ1n) is 8.30. The molecule has 4 rings (SSSR count). The fraction of sp³-hybridized carbons (Fsp3) is 0.412. The van der Waals surface area contributed by atoms with E-state index in [1.165, 1.54) is 4.90 Å². The number of nitrogens with one attached hydrogen (secondary N) is 1. The van der Waals surface area contributed by atoms with Crippen molar-refractivity contribution in [2.75, 3.05) is 0 Å². The van der Waals surface area contributed by atoms with Gasteiger partial charge in [0.15, 0.2) is 0 Å². The summed E-state index contributed by atoms with van der Waals surface area (Å²) in [5, 5.41) is 10.9. The largest absolute Gasteiger partial charge is 0.419 e. The number of imide groups is 1. The van der Waals surface area contributed by atoms with E-state index in [1.807, 2.05) is 24.3 Å². The van der Waals surface area contributed by atoms with Gasteiger partial charge in [-0.2, -0.15) is 0 Å². The normalized spacial score (nSPS) is 19.5. The van der Waals surface area contributed by atoms with Crippen LogP contribution in [0.5, 0.6) is 0 Å². The molecule has 1 aromatic heterocycles. The zero-order valence-electron chi connectivity index (χ0n) is 13.5. The van der Waals surface area contributed by atoms with Crippen LogP contribution in [0, 0.1) is 0 Å². The van der Waals surface area contributed by atoms with Gasteiger partial charge in [-0.15, -0.1) is 10.2 Å². The highest BCUT2D eigenvalue weighted by Gasteiger charge is 2.51. The van der Waals surface area contributed by atoms with Crippen molar-refractivity contribution in [3.63, 3.8) is 0 Å². The summed E-state index contributed by atoms with van der Waals surface area (Å²) in [5.74, 6) is 0.405. The van der Waals surface area contributed by atoms with Crippen molar-refractivity contribution in [2.24, 2.45) is 0 Å². The standard InChI is InChI=1S/C17H17BrN4O3/c18-12-7-3-2-6-11(12)14-21-20-13(25-14)10-22-15(23)17(19-16(22)24)8-4-1-5-9-17/h2-3,6-7H,1,4-5,8-10H2,(H,19,24). The van der Waals surface area contributed by atoms with Crippen LogP contribution in [0.15, 0.2) is 33.2 Å². The van der Waals surface area contributed by atoms with Gasteiger partial charge in [-0.3, -0.25) is 9.69 Å². The fourth-order valence-electron chi connectivity index (χ4n) is 3.51. The summed E-state index contributed by atoms with van der Waals surface area (Å²) < 4.78 is 6.49. The molecular weight excluding hydrogens is 388 g/mol. The van der Waals surface area contributed by atoms with E-state index in [0.29, 0.717) is 18.7 Å². The molecule has 130 valence electrons. The van der Waals surface area contributed by atoms with Crippen LogP contribution in [-0.4, -0.2) is 32.6 Å². The maximum absolute atomic E-state index is 12.8. The summed E-state index contributed by atoms with van der Waals surface area (Å²) >= 11 is 3.44. The van der Waals surface area contributed by atoms with E-state index in [9.17, 15) is 9.59 Å². The predicted molar refractivity (Wildman–Crippen MR) is 92.3 cm³/mol. The zero-order chi connectivity index (χ0) is 17.4. The second-order valence-corrected chi connectivity index (χ2v) is 7.30. The highest BCUT2D eigenvalue weighted by Crippen LogP contribution is 2.34. The Balaban J connectivity index is 1.54. The van der Waals surface area contributed by atoms with Gasteiger partial charge in [0.1, 0.15) is 12.1 Å². The molecule has 1 aromatic carbocycles. The number of halogens is 1. The first-order chi connectivity index (χ1) is 12.1. The van der Waals surface area contributed by atoms with E-state index in [0.717, 1.165) is 29.3 Å². The molecule has 1 aliphatic heterocycles. The van der Waals surface area contributed by atoms with Gasteiger partial charge in [0.25, 0.3) is 5.91 Å². The van der Waals surface area contributed by atoms with Crippen molar-refractivity contribution in [2.45, 2.75) is 44.2 Å². The number of benzene rings is 1. The summed E-state index contributed by atoms with van der Waals surface area (Å²) in [4.78, 5) is 26.2. The Bertz CT molecular complexity index is 829. The second kappa shape index (κ2) is 6.25. The minimum atomic E-state index is -0.735. The van der Waals surface area contributed by atoms with Gasteiger partial charge in [0.05, 0.1) is 5.56 Å². The van der Waals surface area contributed by atoms with E-state index >= 15 is 0 Å². The summed E-state index contributed by atoms with van der Waals surface area (Å²) in [6.07, 6.45) is 4.39. The topological polar surface area (TPSA) is 88.3 Å². The van der Waals surface area contributed by atoms with E-state index in [1.54, 1.807) is 0 Å². The molecule has 1 saturated heterocycles. The third kappa shape index (κ3) is 2.84. The number of rotatable bonds is 3. The summed E-state index contributed by atoms with van der Waals surface area (Å²) in [7, 11) is 0. The van der Waals surface area contributed by atoms with Gasteiger partial charge < -0.3 is 9.73 Å². The highest BCUT2D eigenvalue weighted by atomic mass is 79.9. The molecule has 8 heteroatoms. The van der Waals surface area contributed by atoms with Crippen molar-refractivity contribution in [1.29, 1.82) is 0 Å². The van der Waals surface area contributed by atoms with Crippen LogP contribution in [0.25, 0.3) is 11.5 Å². The number of hydrogen-bond acceptors (Lipinski definition) is 5. The second-order valence-electron chi connectivity index (χ2n) is 6.45. The Morgan fingerprint density at radius 2 is 1.92 bits per heavy atom. The SMILES string of the molecule is O=C1NC2(CCCCC2)C(=O)N1Cc1nnc(-c2ccccc2Br)o1. The number of amides is 3. The van der Waals surface area contributed by atoms with Crippen LogP contribution in [0.2, 0.25) is 0 Å². The van der Waals surface area contributed by atoms with Crippen molar-refractivity contribution in [1.82, 2.24) is 20.4 Å². The Hall–Kier alpha value is -2.22. The van der Waals surface area contributed by atoms with Crippen LogP contribution in [0.3, 0.4) is 0 Å². The Kier molecular flexibility index (Phi) is 4.07. The van der Waals surface area contributed by atoms with Crippen LogP contribution in [-0.2, 0) is 11.3 Å². The predicted octanol–water partition coefficient (Wildman–Crippen LogP) is 3.25. The maximum atomic E-state index is 12.8. The molecule has 0 unspecified atom stereocenters. The van der Waals surface area contributed by atoms with Crippen molar-refractivity contribution in [3.8, 4) is 11.5 Å². The van der Waals surface area contributed by atoms with Gasteiger partial charge in [-0.25, -0.2) is 4.79 Å². The van der Waals surface area contributed by atoms with Gasteiger partial charge in [-0.05, 0) is 40.9 Å². The number of nitrogens with zero attached hydrogens (tertiary/aromatic N) is 3. The van der Waals surface area contributed by atoms with E-state index in [2.05, 4.69) is 31.4 Å². The average Bonchev–Trinajstić information content (AvgIpc) is 3.16. The van der Waals surface area contributed by atoms with Gasteiger partial charge >= 0.3 is 6.03 Å². The quantitative estimate of drug-likeness (QED) is 0.792. The monoisotopic (exact) mass is 404 g/mol.